The molecule has 1 atom stereocenters. The third-order valence-corrected chi connectivity index (χ3v) is 3.70. The number of rotatable bonds is 0. The van der Waals surface area contributed by atoms with Crippen LogP contribution in [0.5, 0.6) is 0 Å². The summed E-state index contributed by atoms with van der Waals surface area (Å²) in [4.78, 5) is 0. The maximum Gasteiger partial charge on any atom is 0.102 e. The maximum absolute atomic E-state index is 5.61. The lowest BCUT2D eigenvalue weighted by molar-refractivity contribution is -0.169. The zero-order valence-electron chi connectivity index (χ0n) is 6.77. The highest BCUT2D eigenvalue weighted by molar-refractivity contribution is 5.12. The van der Waals surface area contributed by atoms with Crippen LogP contribution in [0.3, 0.4) is 0 Å². The Morgan fingerprint density at radius 2 is 1.64 bits per heavy atom. The van der Waals surface area contributed by atoms with Crippen LogP contribution in [0.1, 0.15) is 25.7 Å². The Kier molecular flexibility index (Phi) is 1.06. The predicted molar refractivity (Wildman–Crippen MR) is 40.4 cm³/mol. The van der Waals surface area contributed by atoms with Gasteiger partial charge in [-0.05, 0) is 12.8 Å². The lowest BCUT2D eigenvalue weighted by Crippen LogP contribution is -2.55. The molecule has 0 aromatic carbocycles. The first-order valence-electron chi connectivity index (χ1n) is 4.59. The van der Waals surface area contributed by atoms with Crippen molar-refractivity contribution in [3.63, 3.8) is 0 Å². The van der Waals surface area contributed by atoms with E-state index in [1.165, 1.54) is 25.7 Å². The number of fused-ring (bicyclic) bond motifs is 1. The number of ether oxygens (including phenoxy) is 2. The molecule has 0 aromatic rings. The molecule has 0 amide bonds. The van der Waals surface area contributed by atoms with Gasteiger partial charge >= 0.3 is 0 Å². The van der Waals surface area contributed by atoms with E-state index in [1.807, 2.05) is 0 Å². The van der Waals surface area contributed by atoms with Crippen molar-refractivity contribution in [2.75, 3.05) is 19.8 Å². The molecule has 2 heterocycles. The van der Waals surface area contributed by atoms with Gasteiger partial charge in [0.2, 0.25) is 0 Å². The summed E-state index contributed by atoms with van der Waals surface area (Å²) < 4.78 is 10.9. The van der Waals surface area contributed by atoms with E-state index in [-0.39, 0.29) is 0 Å². The normalized spacial score (nSPS) is 45.8. The zero-order valence-corrected chi connectivity index (χ0v) is 6.77. The lowest BCUT2D eigenvalue weighted by atomic mass is 9.65. The van der Waals surface area contributed by atoms with E-state index in [9.17, 15) is 0 Å². The van der Waals surface area contributed by atoms with Crippen LogP contribution >= 0.6 is 0 Å². The highest BCUT2D eigenvalue weighted by Crippen LogP contribution is 2.57. The summed E-state index contributed by atoms with van der Waals surface area (Å²) in [5.41, 5.74) is 0.759. The quantitative estimate of drug-likeness (QED) is 0.491. The van der Waals surface area contributed by atoms with E-state index < -0.39 is 0 Å². The van der Waals surface area contributed by atoms with E-state index in [2.05, 4.69) is 0 Å². The van der Waals surface area contributed by atoms with Gasteiger partial charge in [-0.1, -0.05) is 12.8 Å². The molecular weight excluding hydrogens is 140 g/mol. The molecule has 0 aromatic heterocycles. The summed E-state index contributed by atoms with van der Waals surface area (Å²) in [5, 5.41) is 0. The summed E-state index contributed by atoms with van der Waals surface area (Å²) in [6.07, 6.45) is 5.37. The predicted octanol–water partition coefficient (Wildman–Crippen LogP) is 1.35. The molecule has 1 aliphatic carbocycles. The zero-order chi connectivity index (χ0) is 7.36. The van der Waals surface area contributed by atoms with Crippen molar-refractivity contribution in [3.05, 3.63) is 0 Å². The minimum absolute atomic E-state index is 0.295. The average Bonchev–Trinajstić information content (AvgIpc) is 2.68. The van der Waals surface area contributed by atoms with E-state index >= 15 is 0 Å². The van der Waals surface area contributed by atoms with Gasteiger partial charge in [0.05, 0.1) is 19.8 Å². The van der Waals surface area contributed by atoms with E-state index in [1.54, 1.807) is 0 Å². The standard InChI is InChI=1S/C9H14O2/c1-2-4-9(7-11-9)8(3-1)5-10-6-8/h1-7H2. The van der Waals surface area contributed by atoms with Crippen LogP contribution in [0.25, 0.3) is 0 Å². The molecule has 0 radical (unpaired) electrons. The van der Waals surface area contributed by atoms with E-state index in [0.717, 1.165) is 19.8 Å². The molecule has 3 aliphatic rings. The first-order chi connectivity index (χ1) is 5.37. The maximum atomic E-state index is 5.61. The summed E-state index contributed by atoms with van der Waals surface area (Å²) in [7, 11) is 0. The minimum Gasteiger partial charge on any atom is -0.380 e. The van der Waals surface area contributed by atoms with Crippen molar-refractivity contribution < 1.29 is 9.47 Å². The second-order valence-electron chi connectivity index (χ2n) is 4.26. The Morgan fingerprint density at radius 1 is 0.909 bits per heavy atom. The Balaban J connectivity index is 1.88. The van der Waals surface area contributed by atoms with Gasteiger partial charge in [0, 0.05) is 5.41 Å². The van der Waals surface area contributed by atoms with Gasteiger partial charge in [-0.3, -0.25) is 0 Å². The van der Waals surface area contributed by atoms with Crippen molar-refractivity contribution in [1.82, 2.24) is 0 Å². The Hall–Kier alpha value is -0.0800. The molecule has 0 N–H and O–H groups in total. The Morgan fingerprint density at radius 3 is 2.09 bits per heavy atom. The molecule has 11 heavy (non-hydrogen) atoms. The van der Waals surface area contributed by atoms with Gasteiger partial charge < -0.3 is 9.47 Å². The van der Waals surface area contributed by atoms with Crippen molar-refractivity contribution in [1.29, 1.82) is 0 Å². The van der Waals surface area contributed by atoms with E-state index in [0.29, 0.717) is 11.0 Å². The third-order valence-electron chi connectivity index (χ3n) is 3.70. The molecule has 2 aliphatic heterocycles. The van der Waals surface area contributed by atoms with Crippen LogP contribution in [0.15, 0.2) is 0 Å². The fourth-order valence-corrected chi connectivity index (χ4v) is 2.66. The fraction of sp³-hybridized carbons (Fsp3) is 1.00. The first-order valence-corrected chi connectivity index (χ1v) is 4.59. The topological polar surface area (TPSA) is 21.8 Å². The van der Waals surface area contributed by atoms with Crippen LogP contribution < -0.4 is 0 Å². The number of hydrogen-bond donors (Lipinski definition) is 0. The van der Waals surface area contributed by atoms with Crippen molar-refractivity contribution in [3.8, 4) is 0 Å². The second-order valence-corrected chi connectivity index (χ2v) is 4.26. The summed E-state index contributed by atoms with van der Waals surface area (Å²) in [6.45, 7) is 2.94. The average molecular weight is 154 g/mol. The molecule has 62 valence electrons. The molecule has 1 saturated carbocycles. The summed E-state index contributed by atoms with van der Waals surface area (Å²) in [6, 6.07) is 0. The van der Waals surface area contributed by atoms with Gasteiger partial charge in [-0.2, -0.15) is 0 Å². The van der Waals surface area contributed by atoms with Gasteiger partial charge in [0.15, 0.2) is 0 Å². The molecule has 2 spiro atoms. The molecule has 0 bridgehead atoms. The second kappa shape index (κ2) is 1.80. The summed E-state index contributed by atoms with van der Waals surface area (Å²) >= 11 is 0. The molecule has 2 nitrogen and oxygen atoms in total. The molecule has 3 rings (SSSR count). The highest BCUT2D eigenvalue weighted by atomic mass is 16.6. The largest absolute Gasteiger partial charge is 0.380 e. The molecule has 2 saturated heterocycles. The number of hydrogen-bond acceptors (Lipinski definition) is 2. The van der Waals surface area contributed by atoms with Crippen LogP contribution in [-0.4, -0.2) is 25.4 Å². The minimum atomic E-state index is 0.295. The molecule has 3 fully saturated rings. The van der Waals surface area contributed by atoms with Crippen LogP contribution in [0.2, 0.25) is 0 Å². The Labute approximate surface area is 66.9 Å². The molecule has 2 heteroatoms. The van der Waals surface area contributed by atoms with E-state index in [4.69, 9.17) is 9.47 Å². The fourth-order valence-electron chi connectivity index (χ4n) is 2.66. The SMILES string of the molecule is C1CCC2(CO2)C2(C1)COC2. The smallest absolute Gasteiger partial charge is 0.102 e. The third kappa shape index (κ3) is 0.651. The Bertz CT molecular complexity index is 180. The van der Waals surface area contributed by atoms with Crippen LogP contribution in [0.4, 0.5) is 0 Å². The first kappa shape index (κ1) is 6.44. The molecule has 1 unspecified atom stereocenters. The van der Waals surface area contributed by atoms with Crippen molar-refractivity contribution >= 4 is 0 Å². The van der Waals surface area contributed by atoms with Gasteiger partial charge in [-0.15, -0.1) is 0 Å². The van der Waals surface area contributed by atoms with Gasteiger partial charge in [0.1, 0.15) is 5.60 Å². The van der Waals surface area contributed by atoms with Crippen LogP contribution in [0, 0.1) is 5.41 Å². The summed E-state index contributed by atoms with van der Waals surface area (Å²) in [5.74, 6) is 0. The lowest BCUT2D eigenvalue weighted by Gasteiger charge is -2.48. The van der Waals surface area contributed by atoms with Crippen molar-refractivity contribution in [2.24, 2.45) is 5.41 Å². The van der Waals surface area contributed by atoms with Gasteiger partial charge in [-0.25, -0.2) is 0 Å². The molecular formula is C9H14O2. The van der Waals surface area contributed by atoms with Gasteiger partial charge in [0.25, 0.3) is 0 Å². The van der Waals surface area contributed by atoms with Crippen molar-refractivity contribution in [2.45, 2.75) is 31.3 Å². The number of epoxide rings is 1. The monoisotopic (exact) mass is 154 g/mol. The van der Waals surface area contributed by atoms with Crippen LogP contribution in [-0.2, 0) is 9.47 Å². The highest BCUT2D eigenvalue weighted by Gasteiger charge is 2.65.